The van der Waals surface area contributed by atoms with Crippen LogP contribution in [0.1, 0.15) is 18.4 Å². The molecule has 2 saturated heterocycles. The molecule has 1 unspecified atom stereocenters. The van der Waals surface area contributed by atoms with Crippen molar-refractivity contribution in [3.8, 4) is 0 Å². The van der Waals surface area contributed by atoms with E-state index in [-0.39, 0.29) is 23.1 Å². The molecule has 130 valence electrons. The number of carbonyl (C=O) groups excluding carboxylic acids is 2. The lowest BCUT2D eigenvalue weighted by Crippen LogP contribution is -2.43. The molecule has 1 aromatic rings. The Morgan fingerprint density at radius 2 is 1.96 bits per heavy atom. The number of nitrogens with one attached hydrogen (secondary N) is 1. The SMILES string of the molecule is CNC(=O)C1CN(C(=O)Cc2ccc(Cl)cc2)CC12CCOCC2. The maximum absolute atomic E-state index is 12.7. The van der Waals surface area contributed by atoms with E-state index in [4.69, 9.17) is 16.3 Å². The fourth-order valence-corrected chi connectivity index (χ4v) is 3.99. The molecule has 2 heterocycles. The number of likely N-dealkylation sites (tertiary alicyclic amines) is 1. The summed E-state index contributed by atoms with van der Waals surface area (Å²) >= 11 is 5.89. The van der Waals surface area contributed by atoms with Crippen LogP contribution in [0.2, 0.25) is 5.02 Å². The second-order valence-corrected chi connectivity index (χ2v) is 7.16. The van der Waals surface area contributed by atoms with Crippen LogP contribution in [0.4, 0.5) is 0 Å². The van der Waals surface area contributed by atoms with Gasteiger partial charge in [0.25, 0.3) is 0 Å². The summed E-state index contributed by atoms with van der Waals surface area (Å²) in [5.41, 5.74) is 0.794. The number of rotatable bonds is 3. The molecule has 0 saturated carbocycles. The fourth-order valence-electron chi connectivity index (χ4n) is 3.87. The first kappa shape index (κ1) is 17.2. The molecule has 24 heavy (non-hydrogen) atoms. The van der Waals surface area contributed by atoms with Gasteiger partial charge in [-0.05, 0) is 30.5 Å². The molecular formula is C18H23ClN2O3. The van der Waals surface area contributed by atoms with Crippen molar-refractivity contribution in [2.75, 3.05) is 33.4 Å². The van der Waals surface area contributed by atoms with Gasteiger partial charge in [0.1, 0.15) is 0 Å². The first-order valence-corrected chi connectivity index (χ1v) is 8.73. The molecular weight excluding hydrogens is 328 g/mol. The molecule has 0 aromatic heterocycles. The largest absolute Gasteiger partial charge is 0.381 e. The summed E-state index contributed by atoms with van der Waals surface area (Å²) in [7, 11) is 1.66. The average Bonchev–Trinajstić information content (AvgIpc) is 2.96. The van der Waals surface area contributed by atoms with Crippen LogP contribution >= 0.6 is 11.6 Å². The van der Waals surface area contributed by atoms with Gasteiger partial charge < -0.3 is 15.0 Å². The summed E-state index contributed by atoms with van der Waals surface area (Å²) in [6.45, 7) is 2.45. The maximum Gasteiger partial charge on any atom is 0.227 e. The lowest BCUT2D eigenvalue weighted by Gasteiger charge is -2.36. The minimum atomic E-state index is -0.152. The number of carbonyl (C=O) groups is 2. The third-order valence-electron chi connectivity index (χ3n) is 5.32. The second kappa shape index (κ2) is 7.11. The van der Waals surface area contributed by atoms with Gasteiger partial charge in [0.15, 0.2) is 0 Å². The summed E-state index contributed by atoms with van der Waals surface area (Å²) in [4.78, 5) is 26.9. The zero-order valence-corrected chi connectivity index (χ0v) is 14.6. The number of hydrogen-bond donors (Lipinski definition) is 1. The molecule has 1 N–H and O–H groups in total. The first-order chi connectivity index (χ1) is 11.5. The van der Waals surface area contributed by atoms with Gasteiger partial charge in [0.05, 0.1) is 12.3 Å². The molecule has 1 spiro atoms. The van der Waals surface area contributed by atoms with Gasteiger partial charge in [0.2, 0.25) is 11.8 Å². The molecule has 2 amide bonds. The Kier molecular flexibility index (Phi) is 5.11. The van der Waals surface area contributed by atoms with Gasteiger partial charge in [-0.1, -0.05) is 23.7 Å². The van der Waals surface area contributed by atoms with E-state index < -0.39 is 0 Å². The number of amides is 2. The highest BCUT2D eigenvalue weighted by molar-refractivity contribution is 6.30. The number of halogens is 1. The van der Waals surface area contributed by atoms with E-state index in [1.807, 2.05) is 17.0 Å². The molecule has 3 rings (SSSR count). The molecule has 0 bridgehead atoms. The number of hydrogen-bond acceptors (Lipinski definition) is 3. The molecule has 2 aliphatic heterocycles. The minimum Gasteiger partial charge on any atom is -0.381 e. The first-order valence-electron chi connectivity index (χ1n) is 8.36. The van der Waals surface area contributed by atoms with Crippen LogP contribution in [0.25, 0.3) is 0 Å². The van der Waals surface area contributed by atoms with E-state index in [2.05, 4.69) is 5.32 Å². The Morgan fingerprint density at radius 1 is 1.29 bits per heavy atom. The maximum atomic E-state index is 12.7. The average molecular weight is 351 g/mol. The normalized spacial score (nSPS) is 22.6. The van der Waals surface area contributed by atoms with Crippen LogP contribution < -0.4 is 5.32 Å². The molecule has 0 radical (unpaired) electrons. The van der Waals surface area contributed by atoms with Crippen molar-refractivity contribution < 1.29 is 14.3 Å². The highest BCUT2D eigenvalue weighted by Crippen LogP contribution is 2.44. The van der Waals surface area contributed by atoms with E-state index in [1.165, 1.54) is 0 Å². The minimum absolute atomic E-state index is 0.0266. The van der Waals surface area contributed by atoms with Crippen molar-refractivity contribution in [2.45, 2.75) is 19.3 Å². The van der Waals surface area contributed by atoms with E-state index in [1.54, 1.807) is 19.2 Å². The smallest absolute Gasteiger partial charge is 0.227 e. The highest BCUT2D eigenvalue weighted by Gasteiger charge is 2.51. The lowest BCUT2D eigenvalue weighted by molar-refractivity contribution is -0.130. The van der Waals surface area contributed by atoms with Crippen molar-refractivity contribution >= 4 is 23.4 Å². The summed E-state index contributed by atoms with van der Waals surface area (Å²) in [5, 5.41) is 3.42. The molecule has 6 heteroatoms. The molecule has 1 atom stereocenters. The lowest BCUT2D eigenvalue weighted by atomic mass is 9.72. The molecule has 1 aromatic carbocycles. The van der Waals surface area contributed by atoms with Crippen LogP contribution in [0.5, 0.6) is 0 Å². The van der Waals surface area contributed by atoms with E-state index in [0.29, 0.717) is 37.7 Å². The zero-order chi connectivity index (χ0) is 17.2. The van der Waals surface area contributed by atoms with Crippen molar-refractivity contribution in [3.05, 3.63) is 34.9 Å². The van der Waals surface area contributed by atoms with Crippen LogP contribution in [0.3, 0.4) is 0 Å². The summed E-state index contributed by atoms with van der Waals surface area (Å²) in [6.07, 6.45) is 2.00. The Labute approximate surface area is 147 Å². The number of benzene rings is 1. The van der Waals surface area contributed by atoms with Crippen molar-refractivity contribution in [2.24, 2.45) is 11.3 Å². The van der Waals surface area contributed by atoms with Gasteiger partial charge in [0, 0.05) is 43.8 Å². The van der Waals surface area contributed by atoms with Gasteiger partial charge >= 0.3 is 0 Å². The van der Waals surface area contributed by atoms with Crippen LogP contribution in [0, 0.1) is 11.3 Å². The van der Waals surface area contributed by atoms with Crippen molar-refractivity contribution in [3.63, 3.8) is 0 Å². The topological polar surface area (TPSA) is 58.6 Å². The van der Waals surface area contributed by atoms with E-state index in [0.717, 1.165) is 18.4 Å². The predicted molar refractivity (Wildman–Crippen MR) is 91.8 cm³/mol. The third-order valence-corrected chi connectivity index (χ3v) is 5.57. The monoisotopic (exact) mass is 350 g/mol. The van der Waals surface area contributed by atoms with E-state index in [9.17, 15) is 9.59 Å². The van der Waals surface area contributed by atoms with Gasteiger partial charge in [-0.2, -0.15) is 0 Å². The van der Waals surface area contributed by atoms with Gasteiger partial charge in [-0.25, -0.2) is 0 Å². The molecule has 5 nitrogen and oxygen atoms in total. The molecule has 2 aliphatic rings. The Hall–Kier alpha value is -1.59. The van der Waals surface area contributed by atoms with Crippen LogP contribution in [-0.2, 0) is 20.7 Å². The van der Waals surface area contributed by atoms with Crippen molar-refractivity contribution in [1.29, 1.82) is 0 Å². The Bertz CT molecular complexity index is 611. The van der Waals surface area contributed by atoms with Gasteiger partial charge in [-0.15, -0.1) is 0 Å². The van der Waals surface area contributed by atoms with Crippen molar-refractivity contribution in [1.82, 2.24) is 10.2 Å². The van der Waals surface area contributed by atoms with Crippen LogP contribution in [0.15, 0.2) is 24.3 Å². The molecule has 0 aliphatic carbocycles. The zero-order valence-electron chi connectivity index (χ0n) is 13.9. The van der Waals surface area contributed by atoms with Gasteiger partial charge in [-0.3, -0.25) is 9.59 Å². The van der Waals surface area contributed by atoms with E-state index >= 15 is 0 Å². The second-order valence-electron chi connectivity index (χ2n) is 6.72. The number of nitrogens with zero attached hydrogens (tertiary/aromatic N) is 1. The summed E-state index contributed by atoms with van der Waals surface area (Å²) < 4.78 is 5.47. The third kappa shape index (κ3) is 3.42. The highest BCUT2D eigenvalue weighted by atomic mass is 35.5. The predicted octanol–water partition coefficient (Wildman–Crippen LogP) is 1.88. The quantitative estimate of drug-likeness (QED) is 0.905. The number of ether oxygens (including phenoxy) is 1. The Balaban J connectivity index is 1.73. The summed E-state index contributed by atoms with van der Waals surface area (Å²) in [5.74, 6) is -0.0612. The molecule has 2 fully saturated rings. The summed E-state index contributed by atoms with van der Waals surface area (Å²) in [6, 6.07) is 7.33. The standard InChI is InChI=1S/C18H23ClN2O3/c1-20-17(23)15-11-21(12-18(15)6-8-24-9-7-18)16(22)10-13-2-4-14(19)5-3-13/h2-5,15H,6-12H2,1H3,(H,20,23). The van der Waals surface area contributed by atoms with Crippen LogP contribution in [-0.4, -0.2) is 50.1 Å². The Morgan fingerprint density at radius 3 is 2.58 bits per heavy atom. The fraction of sp³-hybridized carbons (Fsp3) is 0.556.